The van der Waals surface area contributed by atoms with Gasteiger partial charge in [-0.2, -0.15) is 5.10 Å². The zero-order chi connectivity index (χ0) is 12.3. The van der Waals surface area contributed by atoms with E-state index in [1.54, 1.807) is 4.68 Å². The molecule has 1 N–H and O–H groups in total. The van der Waals surface area contributed by atoms with Crippen molar-refractivity contribution in [1.82, 2.24) is 9.78 Å². The zero-order valence-corrected chi connectivity index (χ0v) is 9.63. The molecule has 0 aliphatic carbocycles. The second kappa shape index (κ2) is 4.82. The number of hydrogen-bond acceptors (Lipinski definition) is 2. The van der Waals surface area contributed by atoms with Crippen LogP contribution >= 0.6 is 0 Å². The quantitative estimate of drug-likeness (QED) is 0.877. The van der Waals surface area contributed by atoms with Gasteiger partial charge in [0.15, 0.2) is 0 Å². The van der Waals surface area contributed by atoms with Crippen LogP contribution in [-0.4, -0.2) is 20.9 Å². The minimum atomic E-state index is -0.806. The molecular formula is C13H14N2O2. The summed E-state index contributed by atoms with van der Waals surface area (Å²) in [6, 6.07) is 9.96. The fraction of sp³-hybridized carbons (Fsp3) is 0.231. The van der Waals surface area contributed by atoms with Crippen LogP contribution in [-0.2, 0) is 11.3 Å². The van der Waals surface area contributed by atoms with E-state index in [1.165, 1.54) is 0 Å². The van der Waals surface area contributed by atoms with Gasteiger partial charge in [-0.1, -0.05) is 30.3 Å². The Morgan fingerprint density at radius 1 is 1.35 bits per heavy atom. The number of rotatable bonds is 4. The van der Waals surface area contributed by atoms with Gasteiger partial charge in [0.1, 0.15) is 0 Å². The van der Waals surface area contributed by atoms with Crippen LogP contribution in [0.4, 0.5) is 0 Å². The Kier molecular flexibility index (Phi) is 3.23. The lowest BCUT2D eigenvalue weighted by Gasteiger charge is -1.97. The summed E-state index contributed by atoms with van der Waals surface area (Å²) in [7, 11) is 0. The van der Waals surface area contributed by atoms with E-state index >= 15 is 0 Å². The molecule has 0 fully saturated rings. The molecule has 0 bridgehead atoms. The molecule has 0 atom stereocenters. The van der Waals surface area contributed by atoms with Crippen molar-refractivity contribution < 1.29 is 9.90 Å². The van der Waals surface area contributed by atoms with Crippen molar-refractivity contribution >= 4 is 5.97 Å². The molecule has 0 amide bonds. The summed E-state index contributed by atoms with van der Waals surface area (Å²) in [6.45, 7) is 2.34. The van der Waals surface area contributed by atoms with Crippen molar-refractivity contribution in [2.45, 2.75) is 19.9 Å². The van der Waals surface area contributed by atoms with Gasteiger partial charge >= 0.3 is 5.97 Å². The first-order valence-corrected chi connectivity index (χ1v) is 5.48. The van der Waals surface area contributed by atoms with E-state index in [-0.39, 0.29) is 6.42 Å². The van der Waals surface area contributed by atoms with E-state index in [1.807, 2.05) is 43.5 Å². The SMILES string of the molecule is Cc1nn(CCC(=O)O)cc1-c1ccccc1. The number of carbonyl (C=O) groups is 1. The molecule has 4 heteroatoms. The summed E-state index contributed by atoms with van der Waals surface area (Å²) in [5, 5.41) is 12.9. The van der Waals surface area contributed by atoms with Crippen LogP contribution < -0.4 is 0 Å². The number of hydrogen-bond donors (Lipinski definition) is 1. The summed E-state index contributed by atoms with van der Waals surface area (Å²) < 4.78 is 1.69. The van der Waals surface area contributed by atoms with Gasteiger partial charge in [-0.3, -0.25) is 9.48 Å². The Labute approximate surface area is 99.5 Å². The minimum Gasteiger partial charge on any atom is -0.481 e. The number of nitrogens with zero attached hydrogens (tertiary/aromatic N) is 2. The molecule has 2 aromatic rings. The van der Waals surface area contributed by atoms with Crippen molar-refractivity contribution in [3.8, 4) is 11.1 Å². The Bertz CT molecular complexity index is 517. The molecule has 2 rings (SSSR count). The lowest BCUT2D eigenvalue weighted by Crippen LogP contribution is -2.04. The fourth-order valence-electron chi connectivity index (χ4n) is 1.74. The monoisotopic (exact) mass is 230 g/mol. The van der Waals surface area contributed by atoms with Crippen LogP contribution in [0.5, 0.6) is 0 Å². The molecule has 17 heavy (non-hydrogen) atoms. The predicted octanol–water partition coefficient (Wildman–Crippen LogP) is 2.33. The molecule has 0 spiro atoms. The maximum atomic E-state index is 10.5. The first-order chi connectivity index (χ1) is 8.16. The predicted molar refractivity (Wildman–Crippen MR) is 64.7 cm³/mol. The molecule has 88 valence electrons. The number of carboxylic acids is 1. The number of carboxylic acid groups (broad SMARTS) is 1. The van der Waals surface area contributed by atoms with Crippen LogP contribution in [0, 0.1) is 6.92 Å². The van der Waals surface area contributed by atoms with E-state index in [9.17, 15) is 4.79 Å². The van der Waals surface area contributed by atoms with E-state index in [2.05, 4.69) is 5.10 Å². The Hall–Kier alpha value is -2.10. The minimum absolute atomic E-state index is 0.0926. The maximum absolute atomic E-state index is 10.5. The normalized spacial score (nSPS) is 10.4. The van der Waals surface area contributed by atoms with E-state index in [0.29, 0.717) is 6.54 Å². The van der Waals surface area contributed by atoms with E-state index in [4.69, 9.17) is 5.11 Å². The van der Waals surface area contributed by atoms with Crippen molar-refractivity contribution in [2.75, 3.05) is 0 Å². The van der Waals surface area contributed by atoms with Crippen molar-refractivity contribution in [2.24, 2.45) is 0 Å². The molecule has 0 saturated heterocycles. The molecule has 1 aromatic carbocycles. The van der Waals surface area contributed by atoms with Gasteiger partial charge in [0.2, 0.25) is 0 Å². The standard InChI is InChI=1S/C13H14N2O2/c1-10-12(11-5-3-2-4-6-11)9-15(14-10)8-7-13(16)17/h2-6,9H,7-8H2,1H3,(H,16,17). The average molecular weight is 230 g/mol. The third kappa shape index (κ3) is 2.72. The second-order valence-electron chi connectivity index (χ2n) is 3.90. The summed E-state index contributed by atoms with van der Waals surface area (Å²) in [4.78, 5) is 10.5. The van der Waals surface area contributed by atoms with Gasteiger partial charge in [-0.15, -0.1) is 0 Å². The maximum Gasteiger partial charge on any atom is 0.305 e. The highest BCUT2D eigenvalue weighted by Gasteiger charge is 2.07. The van der Waals surface area contributed by atoms with E-state index in [0.717, 1.165) is 16.8 Å². The zero-order valence-electron chi connectivity index (χ0n) is 9.63. The second-order valence-corrected chi connectivity index (χ2v) is 3.90. The molecular weight excluding hydrogens is 216 g/mol. The lowest BCUT2D eigenvalue weighted by atomic mass is 10.1. The molecule has 1 aromatic heterocycles. The molecule has 4 nitrogen and oxygen atoms in total. The van der Waals surface area contributed by atoms with Crippen LogP contribution in [0.2, 0.25) is 0 Å². The molecule has 1 heterocycles. The fourth-order valence-corrected chi connectivity index (χ4v) is 1.74. The van der Waals surface area contributed by atoms with Crippen LogP contribution in [0.3, 0.4) is 0 Å². The Morgan fingerprint density at radius 2 is 2.06 bits per heavy atom. The number of aromatic nitrogens is 2. The van der Waals surface area contributed by atoms with Gasteiger partial charge in [-0.05, 0) is 12.5 Å². The summed E-state index contributed by atoms with van der Waals surface area (Å²) in [6.07, 6.45) is 1.99. The molecule has 0 saturated carbocycles. The van der Waals surface area contributed by atoms with Crippen molar-refractivity contribution in [3.63, 3.8) is 0 Å². The van der Waals surface area contributed by atoms with Gasteiger partial charge in [0.25, 0.3) is 0 Å². The lowest BCUT2D eigenvalue weighted by molar-refractivity contribution is -0.137. The molecule has 0 unspecified atom stereocenters. The first-order valence-electron chi connectivity index (χ1n) is 5.48. The van der Waals surface area contributed by atoms with Gasteiger partial charge in [0.05, 0.1) is 18.7 Å². The highest BCUT2D eigenvalue weighted by Crippen LogP contribution is 2.21. The van der Waals surface area contributed by atoms with Gasteiger partial charge in [-0.25, -0.2) is 0 Å². The number of benzene rings is 1. The smallest absolute Gasteiger partial charge is 0.305 e. The highest BCUT2D eigenvalue weighted by molar-refractivity contribution is 5.67. The summed E-state index contributed by atoms with van der Waals surface area (Å²) >= 11 is 0. The number of aryl methyl sites for hydroxylation is 2. The summed E-state index contributed by atoms with van der Waals surface area (Å²) in [5.41, 5.74) is 3.07. The van der Waals surface area contributed by atoms with Crippen LogP contribution in [0.15, 0.2) is 36.5 Å². The van der Waals surface area contributed by atoms with Gasteiger partial charge in [0, 0.05) is 11.8 Å². The van der Waals surface area contributed by atoms with E-state index < -0.39 is 5.97 Å². The Morgan fingerprint density at radius 3 is 2.71 bits per heavy atom. The average Bonchev–Trinajstić information content (AvgIpc) is 2.69. The topological polar surface area (TPSA) is 55.1 Å². The largest absolute Gasteiger partial charge is 0.481 e. The van der Waals surface area contributed by atoms with Crippen molar-refractivity contribution in [1.29, 1.82) is 0 Å². The first kappa shape index (κ1) is 11.4. The number of aliphatic carboxylic acids is 1. The Balaban J connectivity index is 2.22. The third-order valence-electron chi connectivity index (χ3n) is 2.59. The highest BCUT2D eigenvalue weighted by atomic mass is 16.4. The third-order valence-corrected chi connectivity index (χ3v) is 2.59. The van der Waals surface area contributed by atoms with Crippen LogP contribution in [0.1, 0.15) is 12.1 Å². The molecule has 0 radical (unpaired) electrons. The molecule has 0 aliphatic rings. The van der Waals surface area contributed by atoms with Crippen LogP contribution in [0.25, 0.3) is 11.1 Å². The van der Waals surface area contributed by atoms with Gasteiger partial charge < -0.3 is 5.11 Å². The van der Waals surface area contributed by atoms with Crippen molar-refractivity contribution in [3.05, 3.63) is 42.2 Å². The molecule has 0 aliphatic heterocycles. The summed E-state index contributed by atoms with van der Waals surface area (Å²) in [5.74, 6) is -0.806.